The zero-order valence-corrected chi connectivity index (χ0v) is 17.9. The number of carbonyl (C=O) groups excluding carboxylic acids is 1. The summed E-state index contributed by atoms with van der Waals surface area (Å²) in [6.07, 6.45) is 7.69. The van der Waals surface area contributed by atoms with Gasteiger partial charge in [-0.3, -0.25) is 9.78 Å². The molecular formula is C23H29N5O2. The quantitative estimate of drug-likeness (QED) is 0.756. The number of carbonyl (C=O) groups is 1. The van der Waals surface area contributed by atoms with Gasteiger partial charge < -0.3 is 15.0 Å². The first-order valence-corrected chi connectivity index (χ1v) is 9.98. The molecule has 0 aliphatic heterocycles. The molecule has 0 aromatic carbocycles. The van der Waals surface area contributed by atoms with Crippen molar-refractivity contribution in [1.29, 1.82) is 5.26 Å². The van der Waals surface area contributed by atoms with E-state index in [2.05, 4.69) is 28.8 Å². The van der Waals surface area contributed by atoms with Crippen LogP contribution in [-0.4, -0.2) is 36.1 Å². The molecular weight excluding hydrogens is 378 g/mol. The van der Waals surface area contributed by atoms with Gasteiger partial charge in [-0.25, -0.2) is 4.98 Å². The third-order valence-corrected chi connectivity index (χ3v) is 5.03. The summed E-state index contributed by atoms with van der Waals surface area (Å²) >= 11 is 0. The van der Waals surface area contributed by atoms with Crippen LogP contribution in [0.5, 0.6) is 0 Å². The Labute approximate surface area is 178 Å². The van der Waals surface area contributed by atoms with Gasteiger partial charge in [-0.2, -0.15) is 5.26 Å². The second-order valence-electron chi connectivity index (χ2n) is 7.16. The average molecular weight is 408 g/mol. The molecule has 2 heterocycles. The summed E-state index contributed by atoms with van der Waals surface area (Å²) in [4.78, 5) is 21.9. The number of nitrogens with one attached hydrogen (secondary N) is 1. The van der Waals surface area contributed by atoms with Gasteiger partial charge in [0.05, 0.1) is 11.3 Å². The van der Waals surface area contributed by atoms with Gasteiger partial charge >= 0.3 is 0 Å². The van der Waals surface area contributed by atoms with Crippen LogP contribution in [0.3, 0.4) is 0 Å². The summed E-state index contributed by atoms with van der Waals surface area (Å²) in [6.45, 7) is 8.49. The Morgan fingerprint density at radius 1 is 1.40 bits per heavy atom. The molecule has 0 radical (unpaired) electrons. The fourth-order valence-electron chi connectivity index (χ4n) is 2.96. The Morgan fingerprint density at radius 2 is 2.17 bits per heavy atom. The van der Waals surface area contributed by atoms with E-state index < -0.39 is 0 Å². The van der Waals surface area contributed by atoms with Gasteiger partial charge in [0, 0.05) is 26.0 Å². The van der Waals surface area contributed by atoms with Gasteiger partial charge in [0.15, 0.2) is 0 Å². The number of hydrogen-bond donors (Lipinski definition) is 1. The lowest BCUT2D eigenvalue weighted by molar-refractivity contribution is -0.144. The smallest absolute Gasteiger partial charge is 0.249 e. The minimum absolute atomic E-state index is 0.0433. The van der Waals surface area contributed by atoms with Crippen LogP contribution in [0.1, 0.15) is 43.0 Å². The van der Waals surface area contributed by atoms with Crippen LogP contribution in [0.2, 0.25) is 0 Å². The number of rotatable bonds is 7. The van der Waals surface area contributed by atoms with Gasteiger partial charge in [0.25, 0.3) is 0 Å². The first-order chi connectivity index (χ1) is 14.4. The van der Waals surface area contributed by atoms with Crippen LogP contribution in [0.25, 0.3) is 0 Å². The van der Waals surface area contributed by atoms with E-state index in [1.54, 1.807) is 18.5 Å². The second-order valence-corrected chi connectivity index (χ2v) is 7.16. The molecule has 0 atom stereocenters. The topological polar surface area (TPSA) is 91.1 Å². The number of nitriles is 1. The Balaban J connectivity index is 0.000000232. The second kappa shape index (κ2) is 11.1. The van der Waals surface area contributed by atoms with Crippen LogP contribution in [0, 0.1) is 18.3 Å². The van der Waals surface area contributed by atoms with Crippen molar-refractivity contribution in [2.45, 2.75) is 38.7 Å². The zero-order valence-electron chi connectivity index (χ0n) is 17.9. The Kier molecular flexibility index (Phi) is 8.51. The maximum Gasteiger partial charge on any atom is 0.249 e. The van der Waals surface area contributed by atoms with Crippen LogP contribution in [0.15, 0.2) is 49.4 Å². The number of aryl methyl sites for hydroxylation is 1. The van der Waals surface area contributed by atoms with Gasteiger partial charge in [-0.1, -0.05) is 6.58 Å². The molecule has 7 heteroatoms. The predicted octanol–water partition coefficient (Wildman–Crippen LogP) is 3.45. The van der Waals surface area contributed by atoms with Crippen molar-refractivity contribution in [2.75, 3.05) is 25.1 Å². The zero-order chi connectivity index (χ0) is 22.0. The van der Waals surface area contributed by atoms with E-state index in [4.69, 9.17) is 10.00 Å². The van der Waals surface area contributed by atoms with Crippen molar-refractivity contribution in [3.05, 3.63) is 66.3 Å². The first-order valence-electron chi connectivity index (χ1n) is 9.98. The van der Waals surface area contributed by atoms with Crippen molar-refractivity contribution in [3.8, 4) is 6.07 Å². The van der Waals surface area contributed by atoms with Crippen molar-refractivity contribution in [3.63, 3.8) is 0 Å². The minimum Gasteiger partial charge on any atom is -0.360 e. The van der Waals surface area contributed by atoms with Gasteiger partial charge in [0.2, 0.25) is 5.91 Å². The maximum absolute atomic E-state index is 11.4. The van der Waals surface area contributed by atoms with Crippen LogP contribution in [0.4, 0.5) is 5.82 Å². The number of aromatic nitrogens is 2. The fourth-order valence-corrected chi connectivity index (χ4v) is 2.96. The number of anilines is 1. The molecule has 0 saturated heterocycles. The van der Waals surface area contributed by atoms with Crippen LogP contribution in [-0.2, 0) is 15.1 Å². The van der Waals surface area contributed by atoms with E-state index >= 15 is 0 Å². The molecule has 1 aliphatic rings. The van der Waals surface area contributed by atoms with E-state index in [9.17, 15) is 4.79 Å². The lowest BCUT2D eigenvalue weighted by atomic mass is 9.77. The Bertz CT molecular complexity index is 885. The van der Waals surface area contributed by atoms with E-state index in [-0.39, 0.29) is 18.1 Å². The summed E-state index contributed by atoms with van der Waals surface area (Å²) < 4.78 is 5.80. The molecule has 7 nitrogen and oxygen atoms in total. The molecule has 1 fully saturated rings. The highest BCUT2D eigenvalue weighted by Gasteiger charge is 2.41. The van der Waals surface area contributed by atoms with E-state index in [1.807, 2.05) is 43.1 Å². The number of amides is 1. The van der Waals surface area contributed by atoms with E-state index in [0.717, 1.165) is 42.9 Å². The minimum atomic E-state index is -0.371. The third kappa shape index (κ3) is 6.13. The summed E-state index contributed by atoms with van der Waals surface area (Å²) in [5.41, 5.74) is 2.32. The molecule has 2 aromatic rings. The van der Waals surface area contributed by atoms with Crippen molar-refractivity contribution >= 4 is 11.7 Å². The number of pyridine rings is 2. The average Bonchev–Trinajstić information content (AvgIpc) is 2.73. The molecule has 1 aliphatic carbocycles. The molecule has 1 saturated carbocycles. The summed E-state index contributed by atoms with van der Waals surface area (Å²) in [5, 5.41) is 11.0. The van der Waals surface area contributed by atoms with Gasteiger partial charge in [-0.15, -0.1) is 0 Å². The molecule has 1 amide bonds. The highest BCUT2D eigenvalue weighted by molar-refractivity contribution is 5.78. The molecule has 0 unspecified atom stereocenters. The number of nitrogens with zero attached hydrogens (tertiary/aromatic N) is 4. The van der Waals surface area contributed by atoms with Crippen molar-refractivity contribution in [2.24, 2.45) is 0 Å². The highest BCUT2D eigenvalue weighted by Crippen LogP contribution is 2.43. The Hall–Kier alpha value is -3.24. The lowest BCUT2D eigenvalue weighted by Crippen LogP contribution is -2.40. The first kappa shape index (κ1) is 23.0. The molecule has 30 heavy (non-hydrogen) atoms. The van der Waals surface area contributed by atoms with Crippen LogP contribution < -0.4 is 10.2 Å². The van der Waals surface area contributed by atoms with Crippen molar-refractivity contribution < 1.29 is 9.53 Å². The molecule has 158 valence electrons. The fraction of sp³-hybridized carbons (Fsp3) is 0.391. The van der Waals surface area contributed by atoms with Crippen LogP contribution >= 0.6 is 0 Å². The van der Waals surface area contributed by atoms with E-state index in [1.165, 1.54) is 6.20 Å². The van der Waals surface area contributed by atoms with Crippen molar-refractivity contribution in [1.82, 2.24) is 15.3 Å². The number of hydrogen-bond acceptors (Lipinski definition) is 6. The normalized spacial score (nSPS) is 13.7. The lowest BCUT2D eigenvalue weighted by Gasteiger charge is -2.40. The summed E-state index contributed by atoms with van der Waals surface area (Å²) in [6, 6.07) is 9.64. The SMILES string of the molecule is C=CNC(=O)COC1(c2cc(C)ccn2)CCC1.CCN(C)c1ccc(C#N)cn1. The molecule has 0 bridgehead atoms. The largest absolute Gasteiger partial charge is 0.360 e. The maximum atomic E-state index is 11.4. The Morgan fingerprint density at radius 3 is 2.67 bits per heavy atom. The van der Waals surface area contributed by atoms with Gasteiger partial charge in [-0.05, 0) is 69.1 Å². The van der Waals surface area contributed by atoms with Gasteiger partial charge in [0.1, 0.15) is 24.1 Å². The molecule has 3 rings (SSSR count). The predicted molar refractivity (Wildman–Crippen MR) is 117 cm³/mol. The third-order valence-electron chi connectivity index (χ3n) is 5.03. The highest BCUT2D eigenvalue weighted by atomic mass is 16.5. The number of ether oxygens (including phenoxy) is 1. The summed E-state index contributed by atoms with van der Waals surface area (Å²) in [5.74, 6) is 0.723. The standard InChI is InChI=1S/C14H18N2O2.C9H11N3/c1-3-15-13(17)10-18-14(6-4-7-14)12-9-11(2)5-8-16-12;1-3-12(2)9-5-4-8(6-10)7-11-9/h3,5,8-9H,1,4,6-7,10H2,2H3,(H,15,17);4-5,7H,3H2,1-2H3. The summed E-state index contributed by atoms with van der Waals surface area (Å²) in [7, 11) is 1.97. The van der Waals surface area contributed by atoms with E-state index in [0.29, 0.717) is 5.56 Å². The molecule has 1 N–H and O–H groups in total. The molecule has 0 spiro atoms. The molecule has 2 aromatic heterocycles. The monoisotopic (exact) mass is 407 g/mol.